The minimum Gasteiger partial charge on any atom is -0.497 e. The first-order valence-corrected chi connectivity index (χ1v) is 15.1. The summed E-state index contributed by atoms with van der Waals surface area (Å²) in [6, 6.07) is 11.1. The van der Waals surface area contributed by atoms with Gasteiger partial charge < -0.3 is 14.5 Å². The lowest BCUT2D eigenvalue weighted by molar-refractivity contribution is -0.145. The van der Waals surface area contributed by atoms with Gasteiger partial charge in [-0.25, -0.2) is 4.39 Å². The average molecular weight is 604 g/mol. The third-order valence-electron chi connectivity index (χ3n) is 9.44. The van der Waals surface area contributed by atoms with Gasteiger partial charge in [-0.05, 0) is 74.9 Å². The van der Waals surface area contributed by atoms with Crippen LogP contribution in [0.4, 0.5) is 23.2 Å². The van der Waals surface area contributed by atoms with Crippen LogP contribution < -0.4 is 9.64 Å². The van der Waals surface area contributed by atoms with E-state index in [1.165, 1.54) is 6.07 Å². The predicted molar refractivity (Wildman–Crippen MR) is 157 cm³/mol. The second-order valence-corrected chi connectivity index (χ2v) is 13.1. The number of rotatable bonds is 5. The van der Waals surface area contributed by atoms with Crippen molar-refractivity contribution in [3.63, 3.8) is 0 Å². The molecule has 0 bridgehead atoms. The minimum absolute atomic E-state index is 0.0112. The van der Waals surface area contributed by atoms with Gasteiger partial charge in [0.15, 0.2) is 0 Å². The number of benzene rings is 2. The summed E-state index contributed by atoms with van der Waals surface area (Å²) >= 11 is 0. The number of hydrogen-bond acceptors (Lipinski definition) is 5. The molecule has 3 saturated heterocycles. The fourth-order valence-corrected chi connectivity index (χ4v) is 6.74. The third-order valence-corrected chi connectivity index (χ3v) is 9.44. The number of carbonyl (C=O) groups is 2. The molecule has 0 saturated carbocycles. The zero-order valence-corrected chi connectivity index (χ0v) is 25.3. The first-order valence-electron chi connectivity index (χ1n) is 15.1. The van der Waals surface area contributed by atoms with E-state index in [1.54, 1.807) is 30.2 Å². The fraction of sp³-hybridized carbons (Fsp3) is 0.576. The molecule has 0 aromatic heterocycles. The molecule has 0 N–H and O–H groups in total. The number of ether oxygens (including phenoxy) is 1. The Morgan fingerprint density at radius 1 is 0.953 bits per heavy atom. The molecule has 3 fully saturated rings. The monoisotopic (exact) mass is 603 g/mol. The maximum Gasteiger partial charge on any atom is 0.416 e. The van der Waals surface area contributed by atoms with Crippen LogP contribution in [0.25, 0.3) is 0 Å². The normalized spacial score (nSPS) is 24.5. The van der Waals surface area contributed by atoms with Crippen LogP contribution in [0.3, 0.4) is 0 Å². The smallest absolute Gasteiger partial charge is 0.416 e. The predicted octanol–water partition coefficient (Wildman–Crippen LogP) is 6.20. The van der Waals surface area contributed by atoms with E-state index < -0.39 is 29.2 Å². The van der Waals surface area contributed by atoms with Crippen molar-refractivity contribution in [2.75, 3.05) is 51.3 Å². The molecule has 2 aromatic rings. The van der Waals surface area contributed by atoms with Crippen LogP contribution in [0.2, 0.25) is 0 Å². The Balaban J connectivity index is 1.36. The third kappa shape index (κ3) is 6.40. The average Bonchev–Trinajstić information content (AvgIpc) is 3.36. The summed E-state index contributed by atoms with van der Waals surface area (Å²) in [5.41, 5.74) is -1.12. The Kier molecular flexibility index (Phi) is 8.55. The first-order chi connectivity index (χ1) is 20.2. The van der Waals surface area contributed by atoms with E-state index in [0.29, 0.717) is 69.8 Å². The van der Waals surface area contributed by atoms with Gasteiger partial charge in [-0.2, -0.15) is 13.2 Å². The van der Waals surface area contributed by atoms with Crippen LogP contribution in [-0.2, 0) is 15.8 Å². The summed E-state index contributed by atoms with van der Waals surface area (Å²) in [6.45, 7) is 7.83. The lowest BCUT2D eigenvalue weighted by atomic mass is 9.83. The minimum atomic E-state index is -4.48. The molecular weight excluding hydrogens is 562 g/mol. The number of anilines is 1. The molecule has 3 aliphatic rings. The van der Waals surface area contributed by atoms with Crippen molar-refractivity contribution in [2.45, 2.75) is 75.7 Å². The largest absolute Gasteiger partial charge is 0.497 e. The number of ketones is 1. The van der Waals surface area contributed by atoms with Crippen molar-refractivity contribution in [3.8, 4) is 5.75 Å². The molecular formula is C33H41F4N3O3. The molecule has 10 heteroatoms. The highest BCUT2D eigenvalue weighted by atomic mass is 19.4. The van der Waals surface area contributed by atoms with Crippen molar-refractivity contribution in [1.82, 2.24) is 9.80 Å². The summed E-state index contributed by atoms with van der Waals surface area (Å²) in [5.74, 6) is -0.485. The maximum absolute atomic E-state index is 17.1. The second-order valence-electron chi connectivity index (χ2n) is 13.1. The van der Waals surface area contributed by atoms with E-state index in [-0.39, 0.29) is 23.8 Å². The summed E-state index contributed by atoms with van der Waals surface area (Å²) in [5, 5.41) is 0. The van der Waals surface area contributed by atoms with Crippen molar-refractivity contribution in [3.05, 3.63) is 59.2 Å². The number of amides is 1. The number of halogens is 4. The standard InChI is InChI=1S/C33H41F4N3O3/c1-31(2,3)40-20-28(23-5-8-26(43-4)9-6-23)32(34,21-40)30(42)39-15-11-22(12-16-39)27-10-7-24(33(35,36)37)19-29(27)38-17-13-25(41)14-18-38/h5-10,19,22,28H,11-18,20-21H2,1-4H3/t28-,32-/m0/s1. The highest BCUT2D eigenvalue weighted by molar-refractivity contribution is 5.87. The molecule has 5 rings (SSSR count). The molecule has 2 aromatic carbocycles. The number of Topliss-reactive ketones (excluding diaryl/α,β-unsaturated/α-hetero) is 1. The topological polar surface area (TPSA) is 53.1 Å². The maximum atomic E-state index is 17.1. The molecule has 6 nitrogen and oxygen atoms in total. The molecule has 0 unspecified atom stereocenters. The first kappa shape index (κ1) is 31.3. The highest BCUT2D eigenvalue weighted by Gasteiger charge is 2.57. The Bertz CT molecular complexity index is 1320. The number of methoxy groups -OCH3 is 1. The Morgan fingerprint density at radius 3 is 2.14 bits per heavy atom. The number of nitrogens with zero attached hydrogens (tertiary/aromatic N) is 3. The molecule has 43 heavy (non-hydrogen) atoms. The quantitative estimate of drug-likeness (QED) is 0.382. The Labute approximate surface area is 251 Å². The molecule has 2 atom stereocenters. The van der Waals surface area contributed by atoms with Gasteiger partial charge in [0.1, 0.15) is 11.5 Å². The zero-order valence-electron chi connectivity index (χ0n) is 25.3. The zero-order chi connectivity index (χ0) is 31.2. The number of alkyl halides is 4. The number of piperidine rings is 2. The lowest BCUT2D eigenvalue weighted by Crippen LogP contribution is -2.53. The highest BCUT2D eigenvalue weighted by Crippen LogP contribution is 2.45. The lowest BCUT2D eigenvalue weighted by Gasteiger charge is -2.39. The van der Waals surface area contributed by atoms with Gasteiger partial charge in [0, 0.05) is 69.3 Å². The summed E-state index contributed by atoms with van der Waals surface area (Å²) < 4.78 is 63.3. The van der Waals surface area contributed by atoms with Gasteiger partial charge in [0.25, 0.3) is 5.91 Å². The van der Waals surface area contributed by atoms with E-state index in [4.69, 9.17) is 4.74 Å². The second kappa shape index (κ2) is 11.7. The molecule has 3 heterocycles. The van der Waals surface area contributed by atoms with Crippen molar-refractivity contribution < 1.29 is 31.9 Å². The fourth-order valence-electron chi connectivity index (χ4n) is 6.74. The molecule has 3 aliphatic heterocycles. The van der Waals surface area contributed by atoms with Gasteiger partial charge in [-0.1, -0.05) is 18.2 Å². The SMILES string of the molecule is COc1ccc([C@@H]2CN(C(C)(C)C)C[C@@]2(F)C(=O)N2CCC(c3ccc(C(F)(F)F)cc3N3CCC(=O)CC3)CC2)cc1. The number of likely N-dealkylation sites (tertiary alicyclic amines) is 2. The molecule has 0 aliphatic carbocycles. The molecule has 234 valence electrons. The Hall–Kier alpha value is -3.14. The summed E-state index contributed by atoms with van der Waals surface area (Å²) in [4.78, 5) is 31.3. The van der Waals surface area contributed by atoms with Gasteiger partial charge >= 0.3 is 6.18 Å². The van der Waals surface area contributed by atoms with E-state index in [1.807, 2.05) is 42.7 Å². The number of hydrogen-bond donors (Lipinski definition) is 0. The van der Waals surface area contributed by atoms with E-state index in [2.05, 4.69) is 0 Å². The number of carbonyl (C=O) groups excluding carboxylic acids is 2. The summed E-state index contributed by atoms with van der Waals surface area (Å²) in [6.07, 6.45) is -2.83. The Morgan fingerprint density at radius 2 is 1.58 bits per heavy atom. The van der Waals surface area contributed by atoms with Crippen LogP contribution in [0.5, 0.6) is 5.75 Å². The van der Waals surface area contributed by atoms with Crippen LogP contribution in [-0.4, -0.2) is 79.1 Å². The van der Waals surface area contributed by atoms with Gasteiger partial charge in [-0.15, -0.1) is 0 Å². The van der Waals surface area contributed by atoms with Gasteiger partial charge in [0.05, 0.1) is 12.7 Å². The van der Waals surface area contributed by atoms with E-state index in [9.17, 15) is 22.8 Å². The van der Waals surface area contributed by atoms with Crippen molar-refractivity contribution in [2.24, 2.45) is 0 Å². The molecule has 0 radical (unpaired) electrons. The molecule has 1 amide bonds. The summed E-state index contributed by atoms with van der Waals surface area (Å²) in [7, 11) is 1.57. The van der Waals surface area contributed by atoms with Gasteiger partial charge in [0.2, 0.25) is 5.67 Å². The van der Waals surface area contributed by atoms with Crippen LogP contribution in [0.1, 0.15) is 75.0 Å². The van der Waals surface area contributed by atoms with Crippen LogP contribution in [0, 0.1) is 0 Å². The van der Waals surface area contributed by atoms with Crippen LogP contribution in [0.15, 0.2) is 42.5 Å². The van der Waals surface area contributed by atoms with Crippen LogP contribution >= 0.6 is 0 Å². The van der Waals surface area contributed by atoms with E-state index >= 15 is 4.39 Å². The molecule has 0 spiro atoms. The van der Waals surface area contributed by atoms with Crippen molar-refractivity contribution >= 4 is 17.4 Å². The van der Waals surface area contributed by atoms with Gasteiger partial charge in [-0.3, -0.25) is 14.5 Å². The van der Waals surface area contributed by atoms with E-state index in [0.717, 1.165) is 17.2 Å². The van der Waals surface area contributed by atoms with Crippen molar-refractivity contribution in [1.29, 1.82) is 0 Å².